The van der Waals surface area contributed by atoms with Gasteiger partial charge in [0.05, 0.1) is 13.5 Å². The van der Waals surface area contributed by atoms with E-state index in [1.807, 2.05) is 73.0 Å². The fraction of sp³-hybridized carbons (Fsp3) is 0.231. The Kier molecular flexibility index (Phi) is 8.22. The molecule has 0 saturated heterocycles. The summed E-state index contributed by atoms with van der Waals surface area (Å²) in [6, 6.07) is 18.3. The molecule has 0 spiro atoms. The van der Waals surface area contributed by atoms with Gasteiger partial charge in [-0.25, -0.2) is 0 Å². The number of nitrogens with one attached hydrogen (secondary N) is 1. The average Bonchev–Trinajstić information content (AvgIpc) is 3.31. The second kappa shape index (κ2) is 11.3. The molecule has 0 fully saturated rings. The molecule has 1 heterocycles. The first-order chi connectivity index (χ1) is 15.5. The summed E-state index contributed by atoms with van der Waals surface area (Å²) in [4.78, 5) is 29.3. The van der Waals surface area contributed by atoms with E-state index in [1.165, 1.54) is 11.3 Å². The van der Waals surface area contributed by atoms with Gasteiger partial charge in [0.1, 0.15) is 11.8 Å². The number of nitrogens with zero attached hydrogens (tertiary/aromatic N) is 1. The summed E-state index contributed by atoms with van der Waals surface area (Å²) < 4.78 is 5.19. The molecule has 0 bridgehead atoms. The summed E-state index contributed by atoms with van der Waals surface area (Å²) in [7, 11) is 1.62. The molecule has 6 heteroatoms. The van der Waals surface area contributed by atoms with E-state index in [1.54, 1.807) is 18.1 Å². The van der Waals surface area contributed by atoms with Gasteiger partial charge >= 0.3 is 0 Å². The second-order valence-electron chi connectivity index (χ2n) is 7.42. The molecule has 0 aliphatic carbocycles. The first-order valence-electron chi connectivity index (χ1n) is 10.4. The van der Waals surface area contributed by atoms with Crippen molar-refractivity contribution in [2.24, 2.45) is 0 Å². The minimum absolute atomic E-state index is 0.111. The number of ether oxygens (including phenoxy) is 1. The second-order valence-corrected chi connectivity index (χ2v) is 8.45. The predicted molar refractivity (Wildman–Crippen MR) is 129 cm³/mol. The maximum atomic E-state index is 13.5. The number of carbonyl (C=O) groups is 2. The summed E-state index contributed by atoms with van der Waals surface area (Å²) in [6.45, 7) is 6.40. The van der Waals surface area contributed by atoms with E-state index < -0.39 is 6.04 Å². The van der Waals surface area contributed by atoms with Crippen LogP contribution in [0.5, 0.6) is 5.75 Å². The highest BCUT2D eigenvalue weighted by atomic mass is 32.1. The van der Waals surface area contributed by atoms with Gasteiger partial charge in [-0.1, -0.05) is 48.5 Å². The van der Waals surface area contributed by atoms with Gasteiger partial charge in [-0.3, -0.25) is 9.59 Å². The van der Waals surface area contributed by atoms with Crippen molar-refractivity contribution in [1.82, 2.24) is 10.2 Å². The number of hydrogen-bond donors (Lipinski definition) is 1. The average molecular weight is 449 g/mol. The van der Waals surface area contributed by atoms with E-state index in [9.17, 15) is 9.59 Å². The highest BCUT2D eigenvalue weighted by Crippen LogP contribution is 2.26. The highest BCUT2D eigenvalue weighted by Gasteiger charge is 2.31. The van der Waals surface area contributed by atoms with Crippen molar-refractivity contribution >= 4 is 23.2 Å². The number of carbonyl (C=O) groups excluding carboxylic acids is 2. The molecule has 5 nitrogen and oxygen atoms in total. The quantitative estimate of drug-likeness (QED) is 0.458. The van der Waals surface area contributed by atoms with Crippen LogP contribution in [0.2, 0.25) is 0 Å². The van der Waals surface area contributed by atoms with E-state index in [4.69, 9.17) is 4.74 Å². The molecule has 2 aromatic carbocycles. The zero-order valence-corrected chi connectivity index (χ0v) is 19.2. The van der Waals surface area contributed by atoms with Crippen LogP contribution in [-0.4, -0.2) is 30.4 Å². The van der Waals surface area contributed by atoms with Gasteiger partial charge in [0.15, 0.2) is 0 Å². The molecule has 1 N–H and O–H groups in total. The molecular formula is C26H28N2O3S. The Morgan fingerprint density at radius 3 is 2.50 bits per heavy atom. The molecule has 0 aliphatic rings. The molecule has 0 radical (unpaired) electrons. The number of thiophene rings is 1. The summed E-state index contributed by atoms with van der Waals surface area (Å²) >= 11 is 1.53. The zero-order chi connectivity index (χ0) is 22.9. The van der Waals surface area contributed by atoms with Crippen molar-refractivity contribution in [3.05, 3.63) is 100 Å². The Hall–Kier alpha value is -3.38. The molecular weight excluding hydrogens is 420 g/mol. The molecule has 1 aromatic heterocycles. The predicted octanol–water partition coefficient (Wildman–Crippen LogP) is 4.68. The number of hydrogen-bond acceptors (Lipinski definition) is 4. The van der Waals surface area contributed by atoms with Crippen LogP contribution in [0, 0.1) is 6.92 Å². The first-order valence-corrected chi connectivity index (χ1v) is 11.3. The third kappa shape index (κ3) is 5.86. The van der Waals surface area contributed by atoms with Gasteiger partial charge in [-0.05, 0) is 47.2 Å². The smallest absolute Gasteiger partial charge is 0.247 e. The van der Waals surface area contributed by atoms with E-state index in [0.717, 1.165) is 27.3 Å². The summed E-state index contributed by atoms with van der Waals surface area (Å²) in [5, 5.41) is 4.95. The SMILES string of the molecule is C=CCN(C(=O)Cc1cccs1)C(C(=O)NCc1ccc(OC)cc1)c1ccccc1C. The Bertz CT molecular complexity index is 1050. The Labute approximate surface area is 193 Å². The third-order valence-electron chi connectivity index (χ3n) is 5.22. The number of rotatable bonds is 10. The number of amides is 2. The number of methoxy groups -OCH3 is 1. The standard InChI is InChI=1S/C26H28N2O3S/c1-4-15-28(24(29)17-22-9-7-16-32-22)25(23-10-6-5-8-19(23)2)26(30)27-18-20-11-13-21(31-3)14-12-20/h4-14,16,25H,1,15,17-18H2,2-3H3,(H,27,30). The van der Waals surface area contributed by atoms with Crippen molar-refractivity contribution in [1.29, 1.82) is 0 Å². The molecule has 32 heavy (non-hydrogen) atoms. The molecule has 3 aromatic rings. The van der Waals surface area contributed by atoms with Gasteiger partial charge in [0, 0.05) is 18.0 Å². The van der Waals surface area contributed by atoms with Crippen LogP contribution in [0.3, 0.4) is 0 Å². The van der Waals surface area contributed by atoms with Gasteiger partial charge in [0.25, 0.3) is 0 Å². The van der Waals surface area contributed by atoms with E-state index in [2.05, 4.69) is 11.9 Å². The number of benzene rings is 2. The lowest BCUT2D eigenvalue weighted by Crippen LogP contribution is -2.44. The molecule has 166 valence electrons. The first kappa shape index (κ1) is 23.3. The maximum absolute atomic E-state index is 13.5. The van der Waals surface area contributed by atoms with E-state index >= 15 is 0 Å². The molecule has 3 rings (SSSR count). The summed E-state index contributed by atoms with van der Waals surface area (Å²) in [5.74, 6) is 0.422. The normalized spacial score (nSPS) is 11.4. The maximum Gasteiger partial charge on any atom is 0.247 e. The minimum Gasteiger partial charge on any atom is -0.497 e. The molecule has 2 amide bonds. The van der Waals surface area contributed by atoms with Crippen molar-refractivity contribution in [3.63, 3.8) is 0 Å². The van der Waals surface area contributed by atoms with Crippen LogP contribution in [0.4, 0.5) is 0 Å². The highest BCUT2D eigenvalue weighted by molar-refractivity contribution is 7.10. The summed E-state index contributed by atoms with van der Waals surface area (Å²) in [5.41, 5.74) is 2.71. The minimum atomic E-state index is -0.750. The Morgan fingerprint density at radius 2 is 1.88 bits per heavy atom. The largest absolute Gasteiger partial charge is 0.497 e. The van der Waals surface area contributed by atoms with Crippen LogP contribution < -0.4 is 10.1 Å². The summed E-state index contributed by atoms with van der Waals surface area (Å²) in [6.07, 6.45) is 1.91. The van der Waals surface area contributed by atoms with E-state index in [-0.39, 0.29) is 24.8 Å². The van der Waals surface area contributed by atoms with Gasteiger partial charge in [0.2, 0.25) is 11.8 Å². The van der Waals surface area contributed by atoms with Crippen molar-refractivity contribution in [2.75, 3.05) is 13.7 Å². The lowest BCUT2D eigenvalue weighted by atomic mass is 9.98. The Morgan fingerprint density at radius 1 is 1.12 bits per heavy atom. The van der Waals surface area contributed by atoms with Crippen molar-refractivity contribution in [2.45, 2.75) is 25.9 Å². The molecule has 0 aliphatic heterocycles. The van der Waals surface area contributed by atoms with Crippen LogP contribution in [0.15, 0.2) is 78.7 Å². The molecule has 1 atom stereocenters. The van der Waals surface area contributed by atoms with Crippen LogP contribution in [0.25, 0.3) is 0 Å². The van der Waals surface area contributed by atoms with Crippen molar-refractivity contribution in [3.8, 4) is 5.75 Å². The molecule has 0 saturated carbocycles. The fourth-order valence-electron chi connectivity index (χ4n) is 3.53. The lowest BCUT2D eigenvalue weighted by molar-refractivity contribution is -0.139. The van der Waals surface area contributed by atoms with Crippen LogP contribution >= 0.6 is 11.3 Å². The fourth-order valence-corrected chi connectivity index (χ4v) is 4.22. The van der Waals surface area contributed by atoms with Crippen molar-refractivity contribution < 1.29 is 14.3 Å². The Balaban J connectivity index is 1.86. The van der Waals surface area contributed by atoms with E-state index in [0.29, 0.717) is 6.54 Å². The van der Waals surface area contributed by atoms with Gasteiger partial charge in [-0.2, -0.15) is 0 Å². The number of aryl methyl sites for hydroxylation is 1. The zero-order valence-electron chi connectivity index (χ0n) is 18.4. The lowest BCUT2D eigenvalue weighted by Gasteiger charge is -2.31. The van der Waals surface area contributed by atoms with Crippen LogP contribution in [0.1, 0.15) is 27.6 Å². The topological polar surface area (TPSA) is 58.6 Å². The monoisotopic (exact) mass is 448 g/mol. The van der Waals surface area contributed by atoms with Crippen LogP contribution in [-0.2, 0) is 22.6 Å². The van der Waals surface area contributed by atoms with Gasteiger partial charge < -0.3 is 15.0 Å². The molecule has 1 unspecified atom stereocenters. The van der Waals surface area contributed by atoms with Gasteiger partial charge in [-0.15, -0.1) is 17.9 Å². The third-order valence-corrected chi connectivity index (χ3v) is 6.10.